The fourth-order valence-electron chi connectivity index (χ4n) is 1.94. The van der Waals surface area contributed by atoms with E-state index in [2.05, 4.69) is 11.8 Å². The Bertz CT molecular complexity index is 284. The molecule has 1 aromatic rings. The Balaban J connectivity index is 2.38. The number of rotatable bonds is 8. The molecule has 0 bridgehead atoms. The molecule has 0 fully saturated rings. The summed E-state index contributed by atoms with van der Waals surface area (Å²) in [4.78, 5) is 2.19. The summed E-state index contributed by atoms with van der Waals surface area (Å²) in [6, 6.07) is 9.72. The summed E-state index contributed by atoms with van der Waals surface area (Å²) >= 11 is 0. The van der Waals surface area contributed by atoms with Gasteiger partial charge in [-0.05, 0) is 24.9 Å². The third-order valence-corrected chi connectivity index (χ3v) is 2.86. The van der Waals surface area contributed by atoms with Crippen LogP contribution in [0.3, 0.4) is 0 Å². The summed E-state index contributed by atoms with van der Waals surface area (Å²) in [6.45, 7) is 4.79. The fraction of sp³-hybridized carbons (Fsp3) is 0.571. The Morgan fingerprint density at radius 1 is 1.12 bits per heavy atom. The zero-order valence-electron chi connectivity index (χ0n) is 10.5. The van der Waals surface area contributed by atoms with Crippen molar-refractivity contribution < 1.29 is 10.2 Å². The van der Waals surface area contributed by atoms with Crippen molar-refractivity contribution in [1.29, 1.82) is 0 Å². The largest absolute Gasteiger partial charge is 0.395 e. The average Bonchev–Trinajstić information content (AvgIpc) is 2.37. The molecule has 0 aliphatic rings. The summed E-state index contributed by atoms with van der Waals surface area (Å²) < 4.78 is 0. The number of hydrogen-bond donors (Lipinski definition) is 2. The second-order valence-electron chi connectivity index (χ2n) is 4.28. The molecule has 1 aromatic carbocycles. The molecule has 3 nitrogen and oxygen atoms in total. The van der Waals surface area contributed by atoms with Crippen LogP contribution in [-0.2, 0) is 0 Å². The van der Waals surface area contributed by atoms with Gasteiger partial charge < -0.3 is 15.1 Å². The maximum atomic E-state index is 10.0. The van der Waals surface area contributed by atoms with Crippen molar-refractivity contribution in [2.24, 2.45) is 0 Å². The fourth-order valence-corrected chi connectivity index (χ4v) is 1.94. The van der Waals surface area contributed by atoms with Gasteiger partial charge in [-0.15, -0.1) is 0 Å². The zero-order chi connectivity index (χ0) is 12.5. The molecule has 1 rings (SSSR count). The van der Waals surface area contributed by atoms with Crippen LogP contribution < -0.4 is 0 Å². The van der Waals surface area contributed by atoms with Crippen molar-refractivity contribution in [3.05, 3.63) is 35.9 Å². The Morgan fingerprint density at radius 3 is 2.41 bits per heavy atom. The average molecular weight is 237 g/mol. The molecule has 2 N–H and O–H groups in total. The molecule has 0 aromatic heterocycles. The molecule has 0 aliphatic heterocycles. The minimum atomic E-state index is -0.408. The lowest BCUT2D eigenvalue weighted by Crippen LogP contribution is -2.29. The predicted molar refractivity (Wildman–Crippen MR) is 69.8 cm³/mol. The molecule has 17 heavy (non-hydrogen) atoms. The second-order valence-corrected chi connectivity index (χ2v) is 4.28. The third kappa shape index (κ3) is 5.31. The van der Waals surface area contributed by atoms with Gasteiger partial charge in [0, 0.05) is 13.1 Å². The van der Waals surface area contributed by atoms with Crippen LogP contribution in [0.2, 0.25) is 0 Å². The van der Waals surface area contributed by atoms with Gasteiger partial charge in [-0.1, -0.05) is 37.3 Å². The summed E-state index contributed by atoms with van der Waals surface area (Å²) in [5, 5.41) is 19.0. The minimum Gasteiger partial charge on any atom is -0.395 e. The predicted octanol–water partition coefficient (Wildman–Crippen LogP) is 1.81. The van der Waals surface area contributed by atoms with Crippen molar-refractivity contribution in [2.75, 3.05) is 26.2 Å². The normalized spacial score (nSPS) is 12.9. The molecule has 96 valence electrons. The highest BCUT2D eigenvalue weighted by Crippen LogP contribution is 2.16. The van der Waals surface area contributed by atoms with Gasteiger partial charge in [0.05, 0.1) is 12.7 Å². The van der Waals surface area contributed by atoms with Crippen LogP contribution >= 0.6 is 0 Å². The molecule has 0 amide bonds. The zero-order valence-corrected chi connectivity index (χ0v) is 10.5. The van der Waals surface area contributed by atoms with Crippen molar-refractivity contribution in [1.82, 2.24) is 4.90 Å². The Hall–Kier alpha value is -0.900. The molecular formula is C14H23NO2. The first-order chi connectivity index (χ1) is 8.27. The maximum absolute atomic E-state index is 10.0. The van der Waals surface area contributed by atoms with E-state index in [0.717, 1.165) is 25.1 Å². The van der Waals surface area contributed by atoms with Gasteiger partial charge >= 0.3 is 0 Å². The topological polar surface area (TPSA) is 43.7 Å². The highest BCUT2D eigenvalue weighted by molar-refractivity contribution is 5.17. The number of benzene rings is 1. The van der Waals surface area contributed by atoms with Gasteiger partial charge in [-0.2, -0.15) is 0 Å². The molecule has 0 heterocycles. The lowest BCUT2D eigenvalue weighted by Gasteiger charge is -2.22. The lowest BCUT2D eigenvalue weighted by molar-refractivity contribution is 0.131. The third-order valence-electron chi connectivity index (χ3n) is 2.86. The smallest absolute Gasteiger partial charge is 0.0802 e. The van der Waals surface area contributed by atoms with Crippen molar-refractivity contribution in [2.45, 2.75) is 25.9 Å². The first-order valence-electron chi connectivity index (χ1n) is 6.34. The van der Waals surface area contributed by atoms with E-state index in [1.54, 1.807) is 0 Å². The Labute approximate surface area is 104 Å². The van der Waals surface area contributed by atoms with Crippen LogP contribution in [0, 0.1) is 0 Å². The SMILES string of the molecule is CCCN(CCO)CCC(O)c1ccccc1. The van der Waals surface area contributed by atoms with Crippen LogP contribution in [0.5, 0.6) is 0 Å². The van der Waals surface area contributed by atoms with Gasteiger partial charge in [0.15, 0.2) is 0 Å². The Kier molecular flexibility index (Phi) is 6.86. The van der Waals surface area contributed by atoms with E-state index in [1.165, 1.54) is 0 Å². The highest BCUT2D eigenvalue weighted by Gasteiger charge is 2.09. The van der Waals surface area contributed by atoms with E-state index in [9.17, 15) is 5.11 Å². The number of aliphatic hydroxyl groups is 2. The van der Waals surface area contributed by atoms with Crippen molar-refractivity contribution in [3.63, 3.8) is 0 Å². The number of hydrogen-bond acceptors (Lipinski definition) is 3. The quantitative estimate of drug-likeness (QED) is 0.725. The summed E-state index contributed by atoms with van der Waals surface area (Å²) in [5.74, 6) is 0. The van der Waals surface area contributed by atoms with Gasteiger partial charge in [-0.3, -0.25) is 0 Å². The summed E-state index contributed by atoms with van der Waals surface area (Å²) in [5.41, 5.74) is 0.966. The number of nitrogens with zero attached hydrogens (tertiary/aromatic N) is 1. The number of aliphatic hydroxyl groups excluding tert-OH is 2. The standard InChI is InChI=1S/C14H23NO2/c1-2-9-15(11-12-16)10-8-14(17)13-6-4-3-5-7-13/h3-7,14,16-17H,2,8-12H2,1H3. The molecule has 0 spiro atoms. The van der Waals surface area contributed by atoms with Crippen LogP contribution in [0.1, 0.15) is 31.4 Å². The molecule has 0 saturated heterocycles. The molecular weight excluding hydrogens is 214 g/mol. The van der Waals surface area contributed by atoms with Gasteiger partial charge in [-0.25, -0.2) is 0 Å². The summed E-state index contributed by atoms with van der Waals surface area (Å²) in [6.07, 6.45) is 1.38. The highest BCUT2D eigenvalue weighted by atomic mass is 16.3. The van der Waals surface area contributed by atoms with Crippen molar-refractivity contribution in [3.8, 4) is 0 Å². The monoisotopic (exact) mass is 237 g/mol. The molecule has 3 heteroatoms. The van der Waals surface area contributed by atoms with Gasteiger partial charge in [0.25, 0.3) is 0 Å². The summed E-state index contributed by atoms with van der Waals surface area (Å²) in [7, 11) is 0. The van der Waals surface area contributed by atoms with E-state index in [4.69, 9.17) is 5.11 Å². The first-order valence-corrected chi connectivity index (χ1v) is 6.34. The van der Waals surface area contributed by atoms with Crippen molar-refractivity contribution >= 4 is 0 Å². The molecule has 0 saturated carbocycles. The molecule has 1 unspecified atom stereocenters. The molecule has 1 atom stereocenters. The maximum Gasteiger partial charge on any atom is 0.0802 e. The molecule has 0 aliphatic carbocycles. The lowest BCUT2D eigenvalue weighted by atomic mass is 10.1. The minimum absolute atomic E-state index is 0.182. The van der Waals surface area contributed by atoms with Crippen LogP contribution in [-0.4, -0.2) is 41.4 Å². The van der Waals surface area contributed by atoms with E-state index >= 15 is 0 Å². The van der Waals surface area contributed by atoms with E-state index in [1.807, 2.05) is 30.3 Å². The van der Waals surface area contributed by atoms with Gasteiger partial charge in [0.2, 0.25) is 0 Å². The van der Waals surface area contributed by atoms with Crippen LogP contribution in [0.4, 0.5) is 0 Å². The van der Waals surface area contributed by atoms with Crippen LogP contribution in [0.15, 0.2) is 30.3 Å². The second kappa shape index (κ2) is 8.23. The molecule has 0 radical (unpaired) electrons. The first kappa shape index (κ1) is 14.2. The van der Waals surface area contributed by atoms with E-state index in [0.29, 0.717) is 13.0 Å². The van der Waals surface area contributed by atoms with Gasteiger partial charge in [0.1, 0.15) is 0 Å². The van der Waals surface area contributed by atoms with E-state index in [-0.39, 0.29) is 6.61 Å². The van der Waals surface area contributed by atoms with E-state index < -0.39 is 6.10 Å². The Morgan fingerprint density at radius 2 is 1.82 bits per heavy atom. The van der Waals surface area contributed by atoms with Crippen LogP contribution in [0.25, 0.3) is 0 Å².